The van der Waals surface area contributed by atoms with Gasteiger partial charge in [-0.2, -0.15) is 0 Å². The highest BCUT2D eigenvalue weighted by atomic mass is 16.5. The van der Waals surface area contributed by atoms with Crippen LogP contribution in [-0.2, 0) is 19.1 Å². The highest BCUT2D eigenvalue weighted by Gasteiger charge is 2.29. The summed E-state index contributed by atoms with van der Waals surface area (Å²) in [5, 5.41) is 11.8. The van der Waals surface area contributed by atoms with Crippen molar-refractivity contribution in [1.29, 1.82) is 0 Å². The molecule has 0 unspecified atom stereocenters. The van der Waals surface area contributed by atoms with Crippen LogP contribution in [0.4, 0.5) is 4.79 Å². The standard InChI is InChI=1S/C25H27NO6/c1-2-15-31-23(27)14-8-7-13-22(24(28)29)26-25(30)32-16-21-19-11-5-3-9-17(19)18-10-4-6-12-20(18)21/h2-6,9-12,21-22H,1,7-8,13-16H2,(H,26,30)(H,28,29)/t22-/m1/s1. The van der Waals surface area contributed by atoms with E-state index in [1.165, 1.54) is 6.08 Å². The minimum absolute atomic E-state index is 0.0991. The van der Waals surface area contributed by atoms with E-state index in [2.05, 4.69) is 11.9 Å². The lowest BCUT2D eigenvalue weighted by molar-refractivity contribution is -0.142. The second-order valence-corrected chi connectivity index (χ2v) is 7.58. The lowest BCUT2D eigenvalue weighted by atomic mass is 9.98. The molecule has 2 N–H and O–H groups in total. The number of rotatable bonds is 11. The van der Waals surface area contributed by atoms with Crippen molar-refractivity contribution in [2.24, 2.45) is 0 Å². The van der Waals surface area contributed by atoms with Gasteiger partial charge in [-0.05, 0) is 35.1 Å². The minimum Gasteiger partial charge on any atom is -0.480 e. The van der Waals surface area contributed by atoms with Crippen molar-refractivity contribution in [3.05, 3.63) is 72.3 Å². The number of esters is 1. The maximum absolute atomic E-state index is 12.3. The van der Waals surface area contributed by atoms with Gasteiger partial charge in [-0.25, -0.2) is 9.59 Å². The SMILES string of the molecule is C=CCOC(=O)CCCC[C@@H](NC(=O)OCC1c2ccccc2-c2ccccc21)C(=O)O. The van der Waals surface area contributed by atoms with Crippen LogP contribution in [0, 0.1) is 0 Å². The topological polar surface area (TPSA) is 102 Å². The normalized spacial score (nSPS) is 12.9. The molecule has 1 amide bonds. The van der Waals surface area contributed by atoms with Gasteiger partial charge in [0.15, 0.2) is 0 Å². The molecule has 32 heavy (non-hydrogen) atoms. The fourth-order valence-electron chi connectivity index (χ4n) is 3.88. The molecule has 0 fully saturated rings. The van der Waals surface area contributed by atoms with E-state index >= 15 is 0 Å². The number of amides is 1. The Morgan fingerprint density at radius 3 is 2.22 bits per heavy atom. The second-order valence-electron chi connectivity index (χ2n) is 7.58. The van der Waals surface area contributed by atoms with E-state index in [1.807, 2.05) is 48.5 Å². The molecular weight excluding hydrogens is 410 g/mol. The zero-order chi connectivity index (χ0) is 22.9. The Labute approximate surface area is 187 Å². The third kappa shape index (κ3) is 5.75. The first-order chi connectivity index (χ1) is 15.5. The monoisotopic (exact) mass is 437 g/mol. The number of hydrogen-bond acceptors (Lipinski definition) is 5. The smallest absolute Gasteiger partial charge is 0.407 e. The average Bonchev–Trinajstić information content (AvgIpc) is 3.12. The molecule has 0 aromatic heterocycles. The Balaban J connectivity index is 1.50. The number of carbonyl (C=O) groups excluding carboxylic acids is 2. The van der Waals surface area contributed by atoms with Gasteiger partial charge in [0.1, 0.15) is 19.3 Å². The Bertz CT molecular complexity index is 940. The van der Waals surface area contributed by atoms with E-state index in [4.69, 9.17) is 9.47 Å². The van der Waals surface area contributed by atoms with Crippen molar-refractivity contribution >= 4 is 18.0 Å². The first-order valence-corrected chi connectivity index (χ1v) is 10.6. The Hall–Kier alpha value is -3.61. The predicted octanol–water partition coefficient (Wildman–Crippen LogP) is 4.27. The van der Waals surface area contributed by atoms with Crippen LogP contribution in [0.1, 0.15) is 42.7 Å². The van der Waals surface area contributed by atoms with Crippen LogP contribution >= 0.6 is 0 Å². The molecule has 2 aromatic carbocycles. The van der Waals surface area contributed by atoms with Crippen molar-refractivity contribution in [2.45, 2.75) is 37.6 Å². The van der Waals surface area contributed by atoms with E-state index < -0.39 is 18.1 Å². The molecule has 1 aliphatic carbocycles. The molecule has 2 aromatic rings. The molecule has 0 saturated carbocycles. The highest BCUT2D eigenvalue weighted by Crippen LogP contribution is 2.44. The molecule has 1 atom stereocenters. The van der Waals surface area contributed by atoms with Crippen LogP contribution in [0.15, 0.2) is 61.2 Å². The number of fused-ring (bicyclic) bond motifs is 3. The molecule has 0 aliphatic heterocycles. The Morgan fingerprint density at radius 2 is 1.62 bits per heavy atom. The van der Waals surface area contributed by atoms with Crippen molar-refractivity contribution in [3.8, 4) is 11.1 Å². The summed E-state index contributed by atoms with van der Waals surface area (Å²) in [5.41, 5.74) is 4.40. The fraction of sp³-hybridized carbons (Fsp3) is 0.320. The summed E-state index contributed by atoms with van der Waals surface area (Å²) in [6.45, 7) is 3.73. The number of ether oxygens (including phenoxy) is 2. The number of alkyl carbamates (subject to hydrolysis) is 1. The zero-order valence-electron chi connectivity index (χ0n) is 17.8. The van der Waals surface area contributed by atoms with E-state index in [1.54, 1.807) is 0 Å². The van der Waals surface area contributed by atoms with E-state index in [9.17, 15) is 19.5 Å². The van der Waals surface area contributed by atoms with Crippen LogP contribution in [-0.4, -0.2) is 42.4 Å². The summed E-state index contributed by atoms with van der Waals surface area (Å²) in [6, 6.07) is 14.9. The summed E-state index contributed by atoms with van der Waals surface area (Å²) in [5.74, 6) is -1.60. The highest BCUT2D eigenvalue weighted by molar-refractivity contribution is 5.81. The van der Waals surface area contributed by atoms with Crippen molar-refractivity contribution in [2.75, 3.05) is 13.2 Å². The molecule has 168 valence electrons. The number of carbonyl (C=O) groups is 3. The van der Waals surface area contributed by atoms with E-state index in [-0.39, 0.29) is 37.9 Å². The zero-order valence-corrected chi connectivity index (χ0v) is 17.8. The van der Waals surface area contributed by atoms with E-state index in [0.717, 1.165) is 22.3 Å². The average molecular weight is 437 g/mol. The molecule has 0 heterocycles. The maximum Gasteiger partial charge on any atom is 0.407 e. The van der Waals surface area contributed by atoms with Gasteiger partial charge in [-0.15, -0.1) is 0 Å². The quantitative estimate of drug-likeness (QED) is 0.309. The molecule has 7 nitrogen and oxygen atoms in total. The molecule has 0 radical (unpaired) electrons. The summed E-state index contributed by atoms with van der Waals surface area (Å²) in [6.07, 6.45) is 2.00. The first-order valence-electron chi connectivity index (χ1n) is 10.6. The number of carboxylic acids is 1. The number of aliphatic carboxylic acids is 1. The maximum atomic E-state index is 12.3. The van der Waals surface area contributed by atoms with Gasteiger partial charge >= 0.3 is 18.0 Å². The summed E-state index contributed by atoms with van der Waals surface area (Å²) < 4.78 is 10.3. The fourth-order valence-corrected chi connectivity index (χ4v) is 3.88. The minimum atomic E-state index is -1.15. The van der Waals surface area contributed by atoms with Crippen LogP contribution < -0.4 is 5.32 Å². The van der Waals surface area contributed by atoms with Crippen LogP contribution in [0.25, 0.3) is 11.1 Å². The van der Waals surface area contributed by atoms with Gasteiger partial charge in [-0.1, -0.05) is 67.6 Å². The number of nitrogens with one attached hydrogen (secondary N) is 1. The number of unbranched alkanes of at least 4 members (excludes halogenated alkanes) is 1. The third-order valence-electron chi connectivity index (χ3n) is 5.42. The molecule has 0 bridgehead atoms. The van der Waals surface area contributed by atoms with Gasteiger partial charge in [0.25, 0.3) is 0 Å². The van der Waals surface area contributed by atoms with Gasteiger partial charge in [0, 0.05) is 12.3 Å². The van der Waals surface area contributed by atoms with Crippen molar-refractivity contribution in [1.82, 2.24) is 5.32 Å². The van der Waals surface area contributed by atoms with Crippen LogP contribution in [0.5, 0.6) is 0 Å². The molecule has 0 spiro atoms. The van der Waals surface area contributed by atoms with Crippen LogP contribution in [0.3, 0.4) is 0 Å². The first kappa shape index (κ1) is 23.1. The molecule has 0 saturated heterocycles. The Kier molecular flexibility index (Phi) is 8.02. The second kappa shape index (κ2) is 11.1. The molecule has 3 rings (SSSR count). The summed E-state index contributed by atoms with van der Waals surface area (Å²) >= 11 is 0. The molecule has 7 heteroatoms. The summed E-state index contributed by atoms with van der Waals surface area (Å²) in [7, 11) is 0. The number of carboxylic acid groups (broad SMARTS) is 1. The largest absolute Gasteiger partial charge is 0.480 e. The van der Waals surface area contributed by atoms with Gasteiger partial charge in [-0.3, -0.25) is 4.79 Å². The molecular formula is C25H27NO6. The third-order valence-corrected chi connectivity index (χ3v) is 5.42. The van der Waals surface area contributed by atoms with Crippen molar-refractivity contribution in [3.63, 3.8) is 0 Å². The predicted molar refractivity (Wildman–Crippen MR) is 119 cm³/mol. The Morgan fingerprint density at radius 1 is 1.00 bits per heavy atom. The lowest BCUT2D eigenvalue weighted by Crippen LogP contribution is -2.41. The van der Waals surface area contributed by atoms with Gasteiger partial charge in [0.05, 0.1) is 0 Å². The number of benzene rings is 2. The van der Waals surface area contributed by atoms with Crippen LogP contribution in [0.2, 0.25) is 0 Å². The van der Waals surface area contributed by atoms with E-state index in [0.29, 0.717) is 12.8 Å². The van der Waals surface area contributed by atoms with Gasteiger partial charge in [0.2, 0.25) is 0 Å². The summed E-state index contributed by atoms with van der Waals surface area (Å²) in [4.78, 5) is 35.3. The lowest BCUT2D eigenvalue weighted by Gasteiger charge is -2.17. The van der Waals surface area contributed by atoms with Crippen molar-refractivity contribution < 1.29 is 29.0 Å². The molecule has 1 aliphatic rings. The van der Waals surface area contributed by atoms with Gasteiger partial charge < -0.3 is 19.9 Å². The number of hydrogen-bond donors (Lipinski definition) is 2.